The largest absolute Gasteiger partial charge is 0.478 e. The monoisotopic (exact) mass is 191 g/mol. The Labute approximate surface area is 83.1 Å². The van der Waals surface area contributed by atoms with E-state index in [9.17, 15) is 4.79 Å². The Kier molecular flexibility index (Phi) is 4.27. The van der Waals surface area contributed by atoms with Crippen LogP contribution in [0.3, 0.4) is 0 Å². The predicted octanol–water partition coefficient (Wildman–Crippen LogP) is 1.42. The lowest BCUT2D eigenvalue weighted by atomic mass is 10.1. The first kappa shape index (κ1) is 10.3. The molecule has 0 saturated carbocycles. The molecule has 1 aromatic carbocycles. The van der Waals surface area contributed by atoms with E-state index >= 15 is 0 Å². The molecule has 1 rings (SSSR count). The van der Waals surface area contributed by atoms with Gasteiger partial charge in [0, 0.05) is 18.8 Å². The van der Waals surface area contributed by atoms with Crippen molar-refractivity contribution in [1.29, 1.82) is 0 Å². The van der Waals surface area contributed by atoms with Gasteiger partial charge in [0.1, 0.15) is 0 Å². The number of carboxylic acid groups (broad SMARTS) is 1. The summed E-state index contributed by atoms with van der Waals surface area (Å²) in [5.74, 6) is -0.933. The SMILES string of the molecule is O=C(O)/C=C/NCCc1ccccc1. The number of hydrogen-bond donors (Lipinski definition) is 2. The van der Waals surface area contributed by atoms with Crippen molar-refractivity contribution in [1.82, 2.24) is 5.32 Å². The van der Waals surface area contributed by atoms with E-state index in [1.165, 1.54) is 11.8 Å². The highest BCUT2D eigenvalue weighted by molar-refractivity contribution is 5.79. The number of nitrogens with one attached hydrogen (secondary N) is 1. The third kappa shape index (κ3) is 4.30. The highest BCUT2D eigenvalue weighted by Gasteiger charge is 1.89. The van der Waals surface area contributed by atoms with Gasteiger partial charge in [-0.15, -0.1) is 0 Å². The topological polar surface area (TPSA) is 49.3 Å². The quantitative estimate of drug-likeness (QED) is 0.546. The summed E-state index contributed by atoms with van der Waals surface area (Å²) in [6.07, 6.45) is 3.43. The number of aliphatic carboxylic acids is 1. The van der Waals surface area contributed by atoms with Crippen molar-refractivity contribution in [2.45, 2.75) is 6.42 Å². The van der Waals surface area contributed by atoms with E-state index in [0.29, 0.717) is 0 Å². The van der Waals surface area contributed by atoms with Gasteiger partial charge in [0.15, 0.2) is 0 Å². The number of carboxylic acids is 1. The zero-order valence-electron chi connectivity index (χ0n) is 7.81. The molecule has 0 aromatic heterocycles. The Balaban J connectivity index is 2.19. The summed E-state index contributed by atoms with van der Waals surface area (Å²) in [6.45, 7) is 0.744. The van der Waals surface area contributed by atoms with Crippen LogP contribution in [0.1, 0.15) is 5.56 Å². The maximum absolute atomic E-state index is 10.1. The molecule has 3 nitrogen and oxygen atoms in total. The molecule has 0 fully saturated rings. The van der Waals surface area contributed by atoms with Gasteiger partial charge in [0.2, 0.25) is 0 Å². The summed E-state index contributed by atoms with van der Waals surface area (Å²) in [4.78, 5) is 10.1. The lowest BCUT2D eigenvalue weighted by molar-refractivity contribution is -0.131. The number of hydrogen-bond acceptors (Lipinski definition) is 2. The van der Waals surface area contributed by atoms with Crippen LogP contribution in [-0.4, -0.2) is 17.6 Å². The molecule has 0 spiro atoms. The van der Waals surface area contributed by atoms with E-state index in [4.69, 9.17) is 5.11 Å². The van der Waals surface area contributed by atoms with Gasteiger partial charge in [-0.1, -0.05) is 30.3 Å². The molecule has 14 heavy (non-hydrogen) atoms. The van der Waals surface area contributed by atoms with Crippen molar-refractivity contribution in [2.24, 2.45) is 0 Å². The fourth-order valence-electron chi connectivity index (χ4n) is 1.07. The highest BCUT2D eigenvalue weighted by Crippen LogP contribution is 1.97. The van der Waals surface area contributed by atoms with Crippen LogP contribution in [0, 0.1) is 0 Å². The van der Waals surface area contributed by atoms with Crippen molar-refractivity contribution in [3.63, 3.8) is 0 Å². The molecule has 0 saturated heterocycles. The van der Waals surface area contributed by atoms with Crippen molar-refractivity contribution < 1.29 is 9.90 Å². The van der Waals surface area contributed by atoms with Crippen LogP contribution in [0.2, 0.25) is 0 Å². The Morgan fingerprint density at radius 3 is 2.71 bits per heavy atom. The molecule has 0 aliphatic heterocycles. The van der Waals surface area contributed by atoms with Gasteiger partial charge in [-0.05, 0) is 12.0 Å². The van der Waals surface area contributed by atoms with Gasteiger partial charge >= 0.3 is 5.97 Å². The molecule has 0 unspecified atom stereocenters. The van der Waals surface area contributed by atoms with E-state index in [0.717, 1.165) is 19.0 Å². The second-order valence-electron chi connectivity index (χ2n) is 2.86. The molecule has 0 aliphatic rings. The molecule has 0 amide bonds. The lowest BCUT2D eigenvalue weighted by Gasteiger charge is -2.00. The molecule has 74 valence electrons. The predicted molar refractivity (Wildman–Crippen MR) is 54.9 cm³/mol. The molecule has 2 N–H and O–H groups in total. The summed E-state index contributed by atoms with van der Waals surface area (Å²) in [5, 5.41) is 11.2. The average molecular weight is 191 g/mol. The van der Waals surface area contributed by atoms with E-state index < -0.39 is 5.97 Å². The lowest BCUT2D eigenvalue weighted by Crippen LogP contribution is -2.10. The van der Waals surface area contributed by atoms with E-state index in [2.05, 4.69) is 5.32 Å². The fourth-order valence-corrected chi connectivity index (χ4v) is 1.07. The van der Waals surface area contributed by atoms with Gasteiger partial charge < -0.3 is 10.4 Å². The van der Waals surface area contributed by atoms with Crippen molar-refractivity contribution in [3.8, 4) is 0 Å². The fraction of sp³-hybridized carbons (Fsp3) is 0.182. The van der Waals surface area contributed by atoms with Crippen LogP contribution in [0.25, 0.3) is 0 Å². The first-order chi connectivity index (χ1) is 6.79. The zero-order chi connectivity index (χ0) is 10.2. The van der Waals surface area contributed by atoms with Crippen LogP contribution in [-0.2, 0) is 11.2 Å². The molecule has 1 aromatic rings. The summed E-state index contributed by atoms with van der Waals surface area (Å²) in [7, 11) is 0. The second-order valence-corrected chi connectivity index (χ2v) is 2.86. The molecular weight excluding hydrogens is 178 g/mol. The van der Waals surface area contributed by atoms with E-state index in [1.807, 2.05) is 30.3 Å². The molecule has 3 heteroatoms. The van der Waals surface area contributed by atoms with E-state index in [-0.39, 0.29) is 0 Å². The normalized spacial score (nSPS) is 10.3. The first-order valence-corrected chi connectivity index (χ1v) is 4.46. The molecular formula is C11H13NO2. The molecule has 0 bridgehead atoms. The standard InChI is InChI=1S/C11H13NO2/c13-11(14)7-9-12-8-6-10-4-2-1-3-5-10/h1-5,7,9,12H,6,8H2,(H,13,14)/b9-7+. The summed E-state index contributed by atoms with van der Waals surface area (Å²) >= 11 is 0. The third-order valence-electron chi connectivity index (χ3n) is 1.74. The van der Waals surface area contributed by atoms with Crippen LogP contribution < -0.4 is 5.32 Å². The number of rotatable bonds is 5. The van der Waals surface area contributed by atoms with Crippen molar-refractivity contribution >= 4 is 5.97 Å². The minimum atomic E-state index is -0.933. The highest BCUT2D eigenvalue weighted by atomic mass is 16.4. The Morgan fingerprint density at radius 2 is 2.07 bits per heavy atom. The smallest absolute Gasteiger partial charge is 0.329 e. The first-order valence-electron chi connectivity index (χ1n) is 4.46. The van der Waals surface area contributed by atoms with Crippen LogP contribution >= 0.6 is 0 Å². The Morgan fingerprint density at radius 1 is 1.36 bits per heavy atom. The van der Waals surface area contributed by atoms with Crippen LogP contribution in [0.5, 0.6) is 0 Å². The average Bonchev–Trinajstić information content (AvgIpc) is 2.18. The van der Waals surface area contributed by atoms with Gasteiger partial charge in [-0.2, -0.15) is 0 Å². The van der Waals surface area contributed by atoms with Crippen molar-refractivity contribution in [3.05, 3.63) is 48.2 Å². The maximum Gasteiger partial charge on any atom is 0.329 e. The van der Waals surface area contributed by atoms with Gasteiger partial charge in [-0.3, -0.25) is 0 Å². The third-order valence-corrected chi connectivity index (χ3v) is 1.74. The Hall–Kier alpha value is -1.77. The van der Waals surface area contributed by atoms with Gasteiger partial charge in [-0.25, -0.2) is 4.79 Å². The number of benzene rings is 1. The minimum absolute atomic E-state index is 0.744. The molecule has 0 aliphatic carbocycles. The van der Waals surface area contributed by atoms with Crippen molar-refractivity contribution in [2.75, 3.05) is 6.54 Å². The molecule has 0 heterocycles. The second kappa shape index (κ2) is 5.80. The summed E-state index contributed by atoms with van der Waals surface area (Å²) in [5.41, 5.74) is 1.24. The van der Waals surface area contributed by atoms with Gasteiger partial charge in [0.05, 0.1) is 0 Å². The van der Waals surface area contributed by atoms with Gasteiger partial charge in [0.25, 0.3) is 0 Å². The minimum Gasteiger partial charge on any atom is -0.478 e. The van der Waals surface area contributed by atoms with Crippen LogP contribution in [0.4, 0.5) is 0 Å². The van der Waals surface area contributed by atoms with E-state index in [1.54, 1.807) is 0 Å². The zero-order valence-corrected chi connectivity index (χ0v) is 7.81. The molecule has 0 atom stereocenters. The van der Waals surface area contributed by atoms with Crippen LogP contribution in [0.15, 0.2) is 42.6 Å². The molecule has 0 radical (unpaired) electrons. The Bertz CT molecular complexity index is 306. The maximum atomic E-state index is 10.1. The summed E-state index contributed by atoms with van der Waals surface area (Å²) < 4.78 is 0. The summed E-state index contributed by atoms with van der Waals surface area (Å²) in [6, 6.07) is 10.0. The number of carbonyl (C=O) groups is 1.